The van der Waals surface area contributed by atoms with Crippen molar-refractivity contribution < 1.29 is 9.84 Å². The van der Waals surface area contributed by atoms with Crippen LogP contribution in [0.5, 0.6) is 5.75 Å². The van der Waals surface area contributed by atoms with Crippen LogP contribution in [-0.2, 0) is 12.0 Å². The Bertz CT molecular complexity index is 665. The van der Waals surface area contributed by atoms with Gasteiger partial charge in [0.15, 0.2) is 6.10 Å². The van der Waals surface area contributed by atoms with Gasteiger partial charge in [-0.1, -0.05) is 35.9 Å². The molecule has 0 amide bonds. The Balaban J connectivity index is 1.85. The minimum Gasteiger partial charge on any atom is -0.482 e. The summed E-state index contributed by atoms with van der Waals surface area (Å²) < 4.78 is 6.07. The van der Waals surface area contributed by atoms with E-state index in [2.05, 4.69) is 6.07 Å². The lowest BCUT2D eigenvalue weighted by Crippen LogP contribution is -2.34. The molecule has 1 N–H and O–H groups in total. The summed E-state index contributed by atoms with van der Waals surface area (Å²) in [6.07, 6.45) is 2.41. The quantitative estimate of drug-likeness (QED) is 0.859. The van der Waals surface area contributed by atoms with Crippen molar-refractivity contribution in [3.05, 3.63) is 64.2 Å². The van der Waals surface area contributed by atoms with Crippen molar-refractivity contribution in [1.29, 1.82) is 0 Å². The first-order chi connectivity index (χ1) is 9.68. The van der Waals surface area contributed by atoms with Gasteiger partial charge in [0.05, 0.1) is 0 Å². The van der Waals surface area contributed by atoms with E-state index in [1.807, 2.05) is 36.4 Å². The topological polar surface area (TPSA) is 29.5 Å². The van der Waals surface area contributed by atoms with E-state index in [9.17, 15) is 5.11 Å². The number of halogens is 1. The van der Waals surface area contributed by atoms with Crippen LogP contribution < -0.4 is 4.74 Å². The van der Waals surface area contributed by atoms with Crippen LogP contribution in [0, 0.1) is 0 Å². The highest BCUT2D eigenvalue weighted by molar-refractivity contribution is 6.30. The van der Waals surface area contributed by atoms with Gasteiger partial charge < -0.3 is 9.84 Å². The first-order valence-corrected chi connectivity index (χ1v) is 7.33. The monoisotopic (exact) mass is 286 g/mol. The van der Waals surface area contributed by atoms with Crippen molar-refractivity contribution in [2.75, 3.05) is 0 Å². The summed E-state index contributed by atoms with van der Waals surface area (Å²) in [7, 11) is 0. The Morgan fingerprint density at radius 3 is 2.75 bits per heavy atom. The van der Waals surface area contributed by atoms with Gasteiger partial charge in [0.2, 0.25) is 0 Å². The highest BCUT2D eigenvalue weighted by Gasteiger charge is 2.50. The van der Waals surface area contributed by atoms with Crippen LogP contribution in [0.3, 0.4) is 0 Å². The second-order valence-electron chi connectivity index (χ2n) is 5.62. The van der Waals surface area contributed by atoms with Gasteiger partial charge >= 0.3 is 0 Å². The maximum absolute atomic E-state index is 11.2. The van der Waals surface area contributed by atoms with Crippen LogP contribution in [0.1, 0.15) is 35.6 Å². The van der Waals surface area contributed by atoms with Crippen molar-refractivity contribution in [2.24, 2.45) is 0 Å². The summed E-state index contributed by atoms with van der Waals surface area (Å²) in [5.74, 6) is 0.824. The highest BCUT2D eigenvalue weighted by Crippen LogP contribution is 2.54. The van der Waals surface area contributed by atoms with Gasteiger partial charge in [-0.25, -0.2) is 0 Å². The molecule has 20 heavy (non-hydrogen) atoms. The number of benzene rings is 2. The lowest BCUT2D eigenvalue weighted by Gasteiger charge is -2.33. The molecule has 2 aromatic rings. The summed E-state index contributed by atoms with van der Waals surface area (Å²) >= 11 is 5.95. The van der Waals surface area contributed by atoms with Gasteiger partial charge in [0.1, 0.15) is 11.4 Å². The molecule has 0 spiro atoms. The Hall–Kier alpha value is -1.51. The third-order valence-electron chi connectivity index (χ3n) is 4.40. The standard InChI is InChI=1S/C17H15ClO2/c18-13-8-6-12(7-9-13)16-17(19)10-2-4-11-3-1-5-14(20-16)15(11)17/h1,3,5-9,16,19H,2,4,10H2. The van der Waals surface area contributed by atoms with E-state index in [0.29, 0.717) is 5.02 Å². The van der Waals surface area contributed by atoms with E-state index in [4.69, 9.17) is 16.3 Å². The molecule has 0 saturated heterocycles. The van der Waals surface area contributed by atoms with Crippen LogP contribution in [0.2, 0.25) is 5.02 Å². The smallest absolute Gasteiger partial charge is 0.157 e. The van der Waals surface area contributed by atoms with E-state index >= 15 is 0 Å². The molecule has 2 unspecified atom stereocenters. The van der Waals surface area contributed by atoms with Crippen molar-refractivity contribution in [3.8, 4) is 5.75 Å². The molecule has 2 nitrogen and oxygen atoms in total. The molecule has 0 fully saturated rings. The van der Waals surface area contributed by atoms with Crippen molar-refractivity contribution in [2.45, 2.75) is 31.0 Å². The Morgan fingerprint density at radius 2 is 1.95 bits per heavy atom. The SMILES string of the molecule is OC12CCCc3cccc(c31)OC2c1ccc(Cl)cc1. The molecular formula is C17H15ClO2. The molecule has 4 rings (SSSR count). The van der Waals surface area contributed by atoms with Gasteiger partial charge in [-0.2, -0.15) is 0 Å². The lowest BCUT2D eigenvalue weighted by atomic mass is 9.75. The average molecular weight is 287 g/mol. The normalized spacial score (nSPS) is 27.0. The Morgan fingerprint density at radius 1 is 1.15 bits per heavy atom. The van der Waals surface area contributed by atoms with E-state index in [0.717, 1.165) is 36.1 Å². The molecule has 2 aliphatic rings. The molecule has 0 aromatic heterocycles. The maximum atomic E-state index is 11.2. The fourth-order valence-electron chi connectivity index (χ4n) is 3.52. The zero-order chi connectivity index (χ0) is 13.7. The number of rotatable bonds is 1. The van der Waals surface area contributed by atoms with Gasteiger partial charge in [-0.3, -0.25) is 0 Å². The number of hydrogen-bond donors (Lipinski definition) is 1. The summed E-state index contributed by atoms with van der Waals surface area (Å²) in [6, 6.07) is 13.6. The molecular weight excluding hydrogens is 272 g/mol. The van der Waals surface area contributed by atoms with E-state index in [1.165, 1.54) is 5.56 Å². The molecule has 102 valence electrons. The summed E-state index contributed by atoms with van der Waals surface area (Å²) in [6.45, 7) is 0. The molecule has 0 bridgehead atoms. The minimum atomic E-state index is -0.905. The highest BCUT2D eigenvalue weighted by atomic mass is 35.5. The summed E-state index contributed by atoms with van der Waals surface area (Å²) in [4.78, 5) is 0. The third-order valence-corrected chi connectivity index (χ3v) is 4.65. The summed E-state index contributed by atoms with van der Waals surface area (Å²) in [5.41, 5.74) is 2.28. The largest absolute Gasteiger partial charge is 0.482 e. The second kappa shape index (κ2) is 4.24. The first kappa shape index (κ1) is 12.2. The van der Waals surface area contributed by atoms with Crippen molar-refractivity contribution >= 4 is 11.6 Å². The number of aliphatic hydroxyl groups is 1. The zero-order valence-electron chi connectivity index (χ0n) is 11.0. The molecule has 2 aromatic carbocycles. The fraction of sp³-hybridized carbons (Fsp3) is 0.294. The molecule has 1 heterocycles. The van der Waals surface area contributed by atoms with Crippen molar-refractivity contribution in [3.63, 3.8) is 0 Å². The summed E-state index contributed by atoms with van der Waals surface area (Å²) in [5, 5.41) is 11.9. The third kappa shape index (κ3) is 1.62. The maximum Gasteiger partial charge on any atom is 0.157 e. The molecule has 1 aliphatic heterocycles. The van der Waals surface area contributed by atoms with Crippen molar-refractivity contribution in [1.82, 2.24) is 0 Å². The molecule has 0 radical (unpaired) electrons. The van der Waals surface area contributed by atoms with E-state index in [1.54, 1.807) is 0 Å². The van der Waals surface area contributed by atoms with Crippen LogP contribution >= 0.6 is 11.6 Å². The van der Waals surface area contributed by atoms with E-state index in [-0.39, 0.29) is 6.10 Å². The predicted molar refractivity (Wildman–Crippen MR) is 78.1 cm³/mol. The Kier molecular flexibility index (Phi) is 2.60. The van der Waals surface area contributed by atoms with Crippen LogP contribution in [0.4, 0.5) is 0 Å². The average Bonchev–Trinajstić information content (AvgIpc) is 2.75. The number of aryl methyl sites for hydroxylation is 1. The van der Waals surface area contributed by atoms with Gasteiger partial charge in [-0.05, 0) is 48.6 Å². The molecule has 3 heteroatoms. The van der Waals surface area contributed by atoms with E-state index < -0.39 is 5.60 Å². The van der Waals surface area contributed by atoms with Gasteiger partial charge in [-0.15, -0.1) is 0 Å². The van der Waals surface area contributed by atoms with Gasteiger partial charge in [0, 0.05) is 10.6 Å². The number of ether oxygens (including phenoxy) is 1. The fourth-order valence-corrected chi connectivity index (χ4v) is 3.64. The number of hydrogen-bond acceptors (Lipinski definition) is 2. The zero-order valence-corrected chi connectivity index (χ0v) is 11.7. The second-order valence-corrected chi connectivity index (χ2v) is 6.05. The van der Waals surface area contributed by atoms with Gasteiger partial charge in [0.25, 0.3) is 0 Å². The minimum absolute atomic E-state index is 0.337. The Labute approximate surface area is 123 Å². The lowest BCUT2D eigenvalue weighted by molar-refractivity contribution is -0.0537. The molecule has 1 aliphatic carbocycles. The van der Waals surface area contributed by atoms with Crippen LogP contribution in [0.25, 0.3) is 0 Å². The van der Waals surface area contributed by atoms with Crippen LogP contribution in [-0.4, -0.2) is 5.11 Å². The molecule has 0 saturated carbocycles. The predicted octanol–water partition coefficient (Wildman–Crippen LogP) is 4.00. The van der Waals surface area contributed by atoms with Crippen LogP contribution in [0.15, 0.2) is 42.5 Å². The molecule has 2 atom stereocenters. The first-order valence-electron chi connectivity index (χ1n) is 6.95.